The van der Waals surface area contributed by atoms with Gasteiger partial charge in [0.2, 0.25) is 17.7 Å². The van der Waals surface area contributed by atoms with Crippen molar-refractivity contribution in [1.29, 1.82) is 0 Å². The molecule has 10 heteroatoms. The molecule has 1 aliphatic heterocycles. The van der Waals surface area contributed by atoms with Gasteiger partial charge in [0.05, 0.1) is 14.2 Å². The second kappa shape index (κ2) is 14.2. The molecule has 0 aromatic heterocycles. The lowest BCUT2D eigenvalue weighted by Crippen LogP contribution is -2.58. The number of ether oxygens (including phenoxy) is 3. The highest BCUT2D eigenvalue weighted by molar-refractivity contribution is 5.99. The van der Waals surface area contributed by atoms with Crippen LogP contribution in [0.3, 0.4) is 0 Å². The third kappa shape index (κ3) is 8.71. The van der Waals surface area contributed by atoms with Crippen LogP contribution in [0.5, 0.6) is 11.5 Å². The van der Waals surface area contributed by atoms with Crippen LogP contribution in [0.1, 0.15) is 58.6 Å². The number of esters is 1. The standard InChI is InChI=1S/C32H43N3O7/c1-8-20(2)29(34-27(36)17-32(3,4)5)31(39)35-18-22-15-25(42-19-28(37)41-7)12-9-21(22)16-26(35)30(38)33-23-10-13-24(40-6)14-11-23/h9-15,20,26,29H,8,16-19H2,1-7H3,(H,33,38)(H,34,36). The van der Waals surface area contributed by atoms with Gasteiger partial charge in [-0.25, -0.2) is 4.79 Å². The van der Waals surface area contributed by atoms with Gasteiger partial charge in [-0.15, -0.1) is 0 Å². The number of rotatable bonds is 11. The van der Waals surface area contributed by atoms with Gasteiger partial charge in [-0.05, 0) is 58.9 Å². The summed E-state index contributed by atoms with van der Waals surface area (Å²) < 4.78 is 15.4. The van der Waals surface area contributed by atoms with Crippen LogP contribution in [0.15, 0.2) is 42.5 Å². The maximum atomic E-state index is 14.2. The fraction of sp³-hybridized carbons (Fsp3) is 0.500. The molecule has 42 heavy (non-hydrogen) atoms. The quantitative estimate of drug-likeness (QED) is 0.383. The highest BCUT2D eigenvalue weighted by Crippen LogP contribution is 2.30. The van der Waals surface area contributed by atoms with E-state index in [1.165, 1.54) is 7.11 Å². The van der Waals surface area contributed by atoms with Gasteiger partial charge in [-0.2, -0.15) is 0 Å². The number of anilines is 1. The lowest BCUT2D eigenvalue weighted by Gasteiger charge is -2.39. The van der Waals surface area contributed by atoms with Gasteiger partial charge in [-0.3, -0.25) is 14.4 Å². The first-order valence-corrected chi connectivity index (χ1v) is 14.2. The van der Waals surface area contributed by atoms with Crippen molar-refractivity contribution in [2.45, 2.75) is 72.5 Å². The van der Waals surface area contributed by atoms with Gasteiger partial charge in [0.25, 0.3) is 0 Å². The molecule has 1 heterocycles. The summed E-state index contributed by atoms with van der Waals surface area (Å²) in [7, 11) is 2.85. The third-order valence-electron chi connectivity index (χ3n) is 7.32. The SMILES string of the molecule is CCC(C)C(NC(=O)CC(C)(C)C)C(=O)N1Cc2cc(OCC(=O)OC)ccc2CC1C(=O)Nc1ccc(OC)cc1. The highest BCUT2D eigenvalue weighted by atomic mass is 16.6. The largest absolute Gasteiger partial charge is 0.497 e. The zero-order valence-electron chi connectivity index (χ0n) is 25.6. The van der Waals surface area contributed by atoms with E-state index in [2.05, 4.69) is 15.4 Å². The van der Waals surface area contributed by atoms with Gasteiger partial charge in [0, 0.05) is 25.1 Å². The van der Waals surface area contributed by atoms with E-state index in [-0.39, 0.29) is 55.0 Å². The number of methoxy groups -OCH3 is 2. The van der Waals surface area contributed by atoms with Crippen LogP contribution in [0.4, 0.5) is 5.69 Å². The number of hydrogen-bond acceptors (Lipinski definition) is 7. The van der Waals surface area contributed by atoms with Crippen LogP contribution in [0, 0.1) is 11.3 Å². The summed E-state index contributed by atoms with van der Waals surface area (Å²) in [6.45, 7) is 9.66. The molecule has 228 valence electrons. The Bertz CT molecular complexity index is 1270. The number of benzene rings is 2. The zero-order valence-corrected chi connectivity index (χ0v) is 25.6. The Morgan fingerprint density at radius 1 is 1.00 bits per heavy atom. The van der Waals surface area contributed by atoms with E-state index in [0.29, 0.717) is 23.6 Å². The number of nitrogens with zero attached hydrogens (tertiary/aromatic N) is 1. The fourth-order valence-electron chi connectivity index (χ4n) is 4.79. The summed E-state index contributed by atoms with van der Waals surface area (Å²) in [5.74, 6) is -0.447. The van der Waals surface area contributed by atoms with Crippen molar-refractivity contribution in [1.82, 2.24) is 10.2 Å². The molecular weight excluding hydrogens is 538 g/mol. The molecule has 0 spiro atoms. The molecule has 2 aromatic rings. The molecule has 2 N–H and O–H groups in total. The van der Waals surface area contributed by atoms with Gasteiger partial charge in [0.1, 0.15) is 23.6 Å². The van der Waals surface area contributed by atoms with E-state index in [1.807, 2.05) is 40.7 Å². The number of fused-ring (bicyclic) bond motifs is 1. The lowest BCUT2D eigenvalue weighted by atomic mass is 9.89. The highest BCUT2D eigenvalue weighted by Gasteiger charge is 2.40. The molecule has 3 atom stereocenters. The molecule has 10 nitrogen and oxygen atoms in total. The summed E-state index contributed by atoms with van der Waals surface area (Å²) in [6.07, 6.45) is 1.19. The smallest absolute Gasteiger partial charge is 0.343 e. The first-order valence-electron chi connectivity index (χ1n) is 14.2. The summed E-state index contributed by atoms with van der Waals surface area (Å²) in [5.41, 5.74) is 2.00. The number of nitrogens with one attached hydrogen (secondary N) is 2. The Hall–Kier alpha value is -4.08. The van der Waals surface area contributed by atoms with E-state index >= 15 is 0 Å². The van der Waals surface area contributed by atoms with Crippen LogP contribution in [-0.4, -0.2) is 61.5 Å². The molecule has 0 saturated carbocycles. The van der Waals surface area contributed by atoms with Crippen molar-refractivity contribution in [2.75, 3.05) is 26.1 Å². The minimum Gasteiger partial charge on any atom is -0.497 e. The van der Waals surface area contributed by atoms with E-state index in [9.17, 15) is 19.2 Å². The Balaban J connectivity index is 1.94. The number of amides is 3. The second-order valence-electron chi connectivity index (χ2n) is 11.9. The Morgan fingerprint density at radius 3 is 2.26 bits per heavy atom. The van der Waals surface area contributed by atoms with Gasteiger partial charge >= 0.3 is 5.97 Å². The minimum absolute atomic E-state index is 0.131. The number of carbonyl (C=O) groups is 4. The Labute approximate surface area is 248 Å². The Morgan fingerprint density at radius 2 is 1.67 bits per heavy atom. The third-order valence-corrected chi connectivity index (χ3v) is 7.32. The van der Waals surface area contributed by atoms with Gasteiger partial charge < -0.3 is 29.7 Å². The molecule has 0 saturated heterocycles. The van der Waals surface area contributed by atoms with Crippen LogP contribution >= 0.6 is 0 Å². The normalized spacial score (nSPS) is 16.0. The minimum atomic E-state index is -0.819. The number of hydrogen-bond donors (Lipinski definition) is 2. The maximum absolute atomic E-state index is 14.2. The van der Waals surface area contributed by atoms with Crippen LogP contribution in [0.25, 0.3) is 0 Å². The van der Waals surface area contributed by atoms with Crippen molar-refractivity contribution < 1.29 is 33.4 Å². The fourth-order valence-corrected chi connectivity index (χ4v) is 4.79. The molecule has 3 amide bonds. The summed E-state index contributed by atoms with van der Waals surface area (Å²) >= 11 is 0. The predicted molar refractivity (Wildman–Crippen MR) is 159 cm³/mol. The van der Waals surface area contributed by atoms with Crippen molar-refractivity contribution >= 4 is 29.4 Å². The lowest BCUT2D eigenvalue weighted by molar-refractivity contribution is -0.144. The average Bonchev–Trinajstić information content (AvgIpc) is 2.96. The first-order chi connectivity index (χ1) is 19.8. The van der Waals surface area contributed by atoms with E-state index in [4.69, 9.17) is 9.47 Å². The second-order valence-corrected chi connectivity index (χ2v) is 11.9. The monoisotopic (exact) mass is 581 g/mol. The van der Waals surface area contributed by atoms with Crippen molar-refractivity contribution in [3.8, 4) is 11.5 Å². The molecule has 0 radical (unpaired) electrons. The maximum Gasteiger partial charge on any atom is 0.343 e. The molecule has 3 rings (SSSR count). The van der Waals surface area contributed by atoms with Crippen molar-refractivity contribution in [3.63, 3.8) is 0 Å². The molecule has 0 bridgehead atoms. The van der Waals surface area contributed by atoms with Crippen molar-refractivity contribution in [2.24, 2.45) is 11.3 Å². The molecule has 1 aliphatic rings. The molecule has 0 fully saturated rings. The van der Waals surface area contributed by atoms with Crippen molar-refractivity contribution in [3.05, 3.63) is 53.6 Å². The van der Waals surface area contributed by atoms with Gasteiger partial charge in [0.15, 0.2) is 6.61 Å². The van der Waals surface area contributed by atoms with Crippen LogP contribution in [-0.2, 0) is 36.9 Å². The first kappa shape index (κ1) is 32.4. The zero-order chi connectivity index (χ0) is 31.0. The molecule has 2 aromatic carbocycles. The topological polar surface area (TPSA) is 123 Å². The molecule has 3 unspecified atom stereocenters. The summed E-state index contributed by atoms with van der Waals surface area (Å²) in [6, 6.07) is 10.7. The summed E-state index contributed by atoms with van der Waals surface area (Å²) in [5, 5.41) is 5.90. The van der Waals surface area contributed by atoms with Gasteiger partial charge in [-0.1, -0.05) is 47.1 Å². The van der Waals surface area contributed by atoms with E-state index < -0.39 is 18.1 Å². The predicted octanol–water partition coefficient (Wildman–Crippen LogP) is 4.11. The van der Waals surface area contributed by atoms with E-state index in [0.717, 1.165) is 11.1 Å². The number of carbonyl (C=O) groups excluding carboxylic acids is 4. The average molecular weight is 582 g/mol. The molecule has 0 aliphatic carbocycles. The Kier molecular flexibility index (Phi) is 11.0. The molecular formula is C32H43N3O7. The van der Waals surface area contributed by atoms with Crippen LogP contribution in [0.2, 0.25) is 0 Å². The van der Waals surface area contributed by atoms with Crippen LogP contribution < -0.4 is 20.1 Å². The van der Waals surface area contributed by atoms with E-state index in [1.54, 1.807) is 48.4 Å². The summed E-state index contributed by atoms with van der Waals surface area (Å²) in [4.78, 5) is 54.0.